The number of carbonyl (C=O) groups is 2. The number of rotatable bonds is 7. The lowest BCUT2D eigenvalue weighted by molar-refractivity contribution is -0.118. The van der Waals surface area contributed by atoms with Gasteiger partial charge in [0.15, 0.2) is 0 Å². The first-order valence-electron chi connectivity index (χ1n) is 10.5. The molecule has 1 aliphatic rings. The molecule has 158 valence electrons. The van der Waals surface area contributed by atoms with Crippen LogP contribution in [0.4, 0.5) is 5.69 Å². The molecular formula is C25H25N3O3. The van der Waals surface area contributed by atoms with Gasteiger partial charge in [-0.25, -0.2) is 0 Å². The molecule has 2 heterocycles. The first-order chi connectivity index (χ1) is 15.1. The summed E-state index contributed by atoms with van der Waals surface area (Å²) in [5.41, 5.74) is 4.58. The standard InChI is InChI=1S/C25H25N3O3/c1-2-24(29)28-13-11-20-14-21(7-10-23(20)28)25(30)27-16-18-5-8-22(9-6-18)31-17-19-4-3-12-26-15-19/h3-10,12,14-15H,2,11,13,16-17H2,1H3,(H,27,30). The Hall–Kier alpha value is -3.67. The number of anilines is 1. The summed E-state index contributed by atoms with van der Waals surface area (Å²) >= 11 is 0. The molecule has 0 atom stereocenters. The number of amides is 2. The number of hydrogen-bond donors (Lipinski definition) is 1. The summed E-state index contributed by atoms with van der Waals surface area (Å²) in [5, 5.41) is 2.96. The summed E-state index contributed by atoms with van der Waals surface area (Å²) in [4.78, 5) is 30.5. The second kappa shape index (κ2) is 9.43. The Labute approximate surface area is 181 Å². The van der Waals surface area contributed by atoms with E-state index in [-0.39, 0.29) is 11.8 Å². The van der Waals surface area contributed by atoms with Crippen molar-refractivity contribution in [2.75, 3.05) is 11.4 Å². The Morgan fingerprint density at radius 3 is 2.68 bits per heavy atom. The van der Waals surface area contributed by atoms with E-state index in [0.29, 0.717) is 31.7 Å². The van der Waals surface area contributed by atoms with Crippen LogP contribution in [0.2, 0.25) is 0 Å². The lowest BCUT2D eigenvalue weighted by Gasteiger charge is -2.16. The topological polar surface area (TPSA) is 71.5 Å². The van der Waals surface area contributed by atoms with Crippen molar-refractivity contribution in [1.29, 1.82) is 0 Å². The van der Waals surface area contributed by atoms with Gasteiger partial charge >= 0.3 is 0 Å². The van der Waals surface area contributed by atoms with Crippen LogP contribution in [0.5, 0.6) is 5.75 Å². The Bertz CT molecular complexity index is 1070. The van der Waals surface area contributed by atoms with Gasteiger partial charge in [-0.15, -0.1) is 0 Å². The fraction of sp³-hybridized carbons (Fsp3) is 0.240. The number of carbonyl (C=O) groups excluding carboxylic acids is 2. The largest absolute Gasteiger partial charge is 0.489 e. The fourth-order valence-corrected chi connectivity index (χ4v) is 3.63. The second-order valence-corrected chi connectivity index (χ2v) is 7.47. The third-order valence-corrected chi connectivity index (χ3v) is 5.35. The van der Waals surface area contributed by atoms with Gasteiger partial charge in [0.05, 0.1) is 0 Å². The molecule has 3 aromatic rings. The molecule has 0 saturated carbocycles. The molecule has 0 radical (unpaired) electrons. The lowest BCUT2D eigenvalue weighted by atomic mass is 10.1. The normalized spacial score (nSPS) is 12.4. The van der Waals surface area contributed by atoms with Crippen molar-refractivity contribution in [3.05, 3.63) is 89.2 Å². The highest BCUT2D eigenvalue weighted by atomic mass is 16.5. The molecule has 0 unspecified atom stereocenters. The molecule has 6 heteroatoms. The van der Waals surface area contributed by atoms with E-state index in [4.69, 9.17) is 4.74 Å². The van der Waals surface area contributed by atoms with Gasteiger partial charge in [0, 0.05) is 48.7 Å². The van der Waals surface area contributed by atoms with Crippen LogP contribution in [0, 0.1) is 0 Å². The molecule has 0 saturated heterocycles. The quantitative estimate of drug-likeness (QED) is 0.636. The van der Waals surface area contributed by atoms with Crippen LogP contribution in [0.1, 0.15) is 40.4 Å². The highest BCUT2D eigenvalue weighted by Crippen LogP contribution is 2.29. The third-order valence-electron chi connectivity index (χ3n) is 5.35. The minimum atomic E-state index is -0.125. The number of hydrogen-bond acceptors (Lipinski definition) is 4. The zero-order chi connectivity index (χ0) is 21.6. The number of fused-ring (bicyclic) bond motifs is 1. The predicted octanol–water partition coefficient (Wildman–Crippen LogP) is 3.89. The SMILES string of the molecule is CCC(=O)N1CCc2cc(C(=O)NCc3ccc(OCc4cccnc4)cc3)ccc21. The second-order valence-electron chi connectivity index (χ2n) is 7.47. The molecule has 31 heavy (non-hydrogen) atoms. The van der Waals surface area contributed by atoms with Crippen LogP contribution < -0.4 is 15.0 Å². The highest BCUT2D eigenvalue weighted by molar-refractivity contribution is 5.98. The minimum Gasteiger partial charge on any atom is -0.489 e. The fourth-order valence-electron chi connectivity index (χ4n) is 3.63. The molecule has 1 aliphatic heterocycles. The first kappa shape index (κ1) is 20.6. The summed E-state index contributed by atoms with van der Waals surface area (Å²) in [5.74, 6) is 0.757. The summed E-state index contributed by atoms with van der Waals surface area (Å²) in [6.07, 6.45) is 4.77. The van der Waals surface area contributed by atoms with Gasteiger partial charge in [-0.3, -0.25) is 14.6 Å². The number of aromatic nitrogens is 1. The number of benzene rings is 2. The van der Waals surface area contributed by atoms with E-state index >= 15 is 0 Å². The molecule has 1 aromatic heterocycles. The van der Waals surface area contributed by atoms with E-state index in [9.17, 15) is 9.59 Å². The van der Waals surface area contributed by atoms with E-state index < -0.39 is 0 Å². The maximum atomic E-state index is 12.6. The summed E-state index contributed by atoms with van der Waals surface area (Å²) in [6, 6.07) is 17.1. The summed E-state index contributed by atoms with van der Waals surface area (Å²) in [6.45, 7) is 3.44. The van der Waals surface area contributed by atoms with E-state index in [1.807, 2.05) is 55.5 Å². The zero-order valence-corrected chi connectivity index (χ0v) is 17.5. The van der Waals surface area contributed by atoms with Crippen molar-refractivity contribution in [3.8, 4) is 5.75 Å². The number of ether oxygens (including phenoxy) is 1. The molecule has 2 aromatic carbocycles. The first-order valence-corrected chi connectivity index (χ1v) is 10.5. The van der Waals surface area contributed by atoms with Crippen molar-refractivity contribution >= 4 is 17.5 Å². The van der Waals surface area contributed by atoms with E-state index in [0.717, 1.165) is 34.5 Å². The monoisotopic (exact) mass is 415 g/mol. The van der Waals surface area contributed by atoms with Gasteiger partial charge in [-0.1, -0.05) is 25.1 Å². The molecular weight excluding hydrogens is 390 g/mol. The van der Waals surface area contributed by atoms with Crippen molar-refractivity contribution < 1.29 is 14.3 Å². The molecule has 4 rings (SSSR count). The van der Waals surface area contributed by atoms with Crippen molar-refractivity contribution in [1.82, 2.24) is 10.3 Å². The number of pyridine rings is 1. The van der Waals surface area contributed by atoms with Crippen molar-refractivity contribution in [2.24, 2.45) is 0 Å². The molecule has 1 N–H and O–H groups in total. The molecule has 6 nitrogen and oxygen atoms in total. The van der Waals surface area contributed by atoms with Crippen LogP contribution in [0.25, 0.3) is 0 Å². The Morgan fingerprint density at radius 1 is 1.10 bits per heavy atom. The van der Waals surface area contributed by atoms with Gasteiger partial charge < -0.3 is 15.0 Å². The maximum absolute atomic E-state index is 12.6. The van der Waals surface area contributed by atoms with E-state index in [2.05, 4.69) is 10.3 Å². The molecule has 0 bridgehead atoms. The molecule has 0 spiro atoms. The number of nitrogens with one attached hydrogen (secondary N) is 1. The Morgan fingerprint density at radius 2 is 1.94 bits per heavy atom. The summed E-state index contributed by atoms with van der Waals surface area (Å²) in [7, 11) is 0. The van der Waals surface area contributed by atoms with E-state index in [1.165, 1.54) is 0 Å². The average Bonchev–Trinajstić information content (AvgIpc) is 3.25. The predicted molar refractivity (Wildman–Crippen MR) is 119 cm³/mol. The van der Waals surface area contributed by atoms with Crippen LogP contribution in [-0.4, -0.2) is 23.3 Å². The highest BCUT2D eigenvalue weighted by Gasteiger charge is 2.24. The van der Waals surface area contributed by atoms with Gasteiger partial charge in [0.2, 0.25) is 5.91 Å². The minimum absolute atomic E-state index is 0.115. The van der Waals surface area contributed by atoms with Gasteiger partial charge in [-0.05, 0) is 53.9 Å². The summed E-state index contributed by atoms with van der Waals surface area (Å²) < 4.78 is 5.76. The third kappa shape index (κ3) is 4.91. The van der Waals surface area contributed by atoms with Crippen molar-refractivity contribution in [3.63, 3.8) is 0 Å². The molecule has 2 amide bonds. The smallest absolute Gasteiger partial charge is 0.251 e. The van der Waals surface area contributed by atoms with Crippen LogP contribution in [0.15, 0.2) is 67.0 Å². The zero-order valence-electron chi connectivity index (χ0n) is 17.5. The lowest BCUT2D eigenvalue weighted by Crippen LogP contribution is -2.27. The Balaban J connectivity index is 1.31. The van der Waals surface area contributed by atoms with Crippen LogP contribution >= 0.6 is 0 Å². The van der Waals surface area contributed by atoms with Crippen LogP contribution in [-0.2, 0) is 24.4 Å². The van der Waals surface area contributed by atoms with Crippen molar-refractivity contribution in [2.45, 2.75) is 32.9 Å². The maximum Gasteiger partial charge on any atom is 0.251 e. The average molecular weight is 415 g/mol. The molecule has 0 fully saturated rings. The van der Waals surface area contributed by atoms with Gasteiger partial charge in [-0.2, -0.15) is 0 Å². The van der Waals surface area contributed by atoms with Gasteiger partial charge in [0.1, 0.15) is 12.4 Å². The molecule has 0 aliphatic carbocycles. The van der Waals surface area contributed by atoms with E-state index in [1.54, 1.807) is 23.4 Å². The Kier molecular flexibility index (Phi) is 6.26. The number of nitrogens with zero attached hydrogens (tertiary/aromatic N) is 2. The van der Waals surface area contributed by atoms with Gasteiger partial charge in [0.25, 0.3) is 5.91 Å². The van der Waals surface area contributed by atoms with Crippen LogP contribution in [0.3, 0.4) is 0 Å².